The van der Waals surface area contributed by atoms with Gasteiger partial charge < -0.3 is 5.32 Å². The first kappa shape index (κ1) is 13.9. The Morgan fingerprint density at radius 3 is 3.00 bits per heavy atom. The lowest BCUT2D eigenvalue weighted by atomic mass is 10.0. The molecule has 5 heteroatoms. The number of benzene rings is 1. The molecule has 1 aromatic carbocycles. The molecule has 1 saturated carbocycles. The van der Waals surface area contributed by atoms with Crippen LogP contribution in [0.2, 0.25) is 0 Å². The predicted molar refractivity (Wildman–Crippen MR) is 76.4 cm³/mol. The molecule has 3 nitrogen and oxygen atoms in total. The van der Waals surface area contributed by atoms with E-state index in [-0.39, 0.29) is 18.9 Å². The first-order valence-corrected chi connectivity index (χ1v) is 7.07. The first-order valence-electron chi connectivity index (χ1n) is 7.07. The highest BCUT2D eigenvalue weighted by atomic mass is 19.3. The number of pyridine rings is 1. The van der Waals surface area contributed by atoms with E-state index in [0.717, 1.165) is 10.9 Å². The molecular weight excluding hydrogens is 274 g/mol. The number of carbonyl (C=O) groups excluding carboxylic acids is 1. The Morgan fingerprint density at radius 2 is 2.24 bits per heavy atom. The number of hydrogen-bond acceptors (Lipinski definition) is 2. The van der Waals surface area contributed by atoms with Crippen LogP contribution in [0.3, 0.4) is 0 Å². The molecule has 110 valence electrons. The van der Waals surface area contributed by atoms with E-state index in [0.29, 0.717) is 18.4 Å². The van der Waals surface area contributed by atoms with E-state index >= 15 is 0 Å². The number of nitrogens with zero attached hydrogens (tertiary/aromatic N) is 1. The highest BCUT2D eigenvalue weighted by Crippen LogP contribution is 2.39. The second kappa shape index (κ2) is 5.39. The number of halogens is 2. The van der Waals surface area contributed by atoms with Gasteiger partial charge in [-0.1, -0.05) is 6.07 Å². The number of rotatable bonds is 3. The van der Waals surface area contributed by atoms with Crippen molar-refractivity contribution < 1.29 is 13.6 Å². The van der Waals surface area contributed by atoms with E-state index in [4.69, 9.17) is 0 Å². The molecule has 0 saturated heterocycles. The van der Waals surface area contributed by atoms with E-state index in [1.165, 1.54) is 0 Å². The number of hydrogen-bond donors (Lipinski definition) is 1. The zero-order valence-corrected chi connectivity index (χ0v) is 11.5. The smallest absolute Gasteiger partial charge is 0.252 e. The highest BCUT2D eigenvalue weighted by molar-refractivity contribution is 5.97. The minimum absolute atomic E-state index is 0.0247. The Morgan fingerprint density at radius 1 is 1.38 bits per heavy atom. The third-order valence-electron chi connectivity index (χ3n) is 4.03. The zero-order valence-electron chi connectivity index (χ0n) is 11.5. The van der Waals surface area contributed by atoms with Crippen LogP contribution in [-0.2, 0) is 0 Å². The monoisotopic (exact) mass is 290 g/mol. The summed E-state index contributed by atoms with van der Waals surface area (Å²) in [5, 5.41) is 3.48. The van der Waals surface area contributed by atoms with Gasteiger partial charge in [0.15, 0.2) is 0 Å². The maximum atomic E-state index is 13.5. The number of aromatic nitrogens is 1. The van der Waals surface area contributed by atoms with Gasteiger partial charge in [-0.3, -0.25) is 9.78 Å². The van der Waals surface area contributed by atoms with Crippen LogP contribution in [0.1, 0.15) is 29.6 Å². The van der Waals surface area contributed by atoms with Crippen LogP contribution in [-0.4, -0.2) is 23.4 Å². The van der Waals surface area contributed by atoms with Crippen molar-refractivity contribution >= 4 is 16.8 Å². The first-order chi connectivity index (χ1) is 10.1. The molecule has 1 amide bonds. The van der Waals surface area contributed by atoms with Gasteiger partial charge in [-0.2, -0.15) is 0 Å². The van der Waals surface area contributed by atoms with Crippen LogP contribution in [0.4, 0.5) is 8.78 Å². The van der Waals surface area contributed by atoms with Crippen LogP contribution in [0, 0.1) is 5.92 Å². The summed E-state index contributed by atoms with van der Waals surface area (Å²) in [6.45, 7) is 0.0247. The molecule has 21 heavy (non-hydrogen) atoms. The average Bonchev–Trinajstić information content (AvgIpc) is 2.83. The van der Waals surface area contributed by atoms with Gasteiger partial charge in [0.1, 0.15) is 0 Å². The standard InChI is InChI=1S/C16H16F2N2O/c17-16(18)7-1-4-13(16)10-20-15(21)12-5-6-14-11(9-12)3-2-8-19-14/h2-3,5-6,8-9,13H,1,4,7,10H2,(H,20,21). The van der Waals surface area contributed by atoms with Crippen molar-refractivity contribution in [3.8, 4) is 0 Å². The maximum absolute atomic E-state index is 13.5. The molecule has 0 bridgehead atoms. The predicted octanol–water partition coefficient (Wildman–Crippen LogP) is 3.40. The van der Waals surface area contributed by atoms with Crippen LogP contribution in [0.15, 0.2) is 36.5 Å². The Balaban J connectivity index is 1.69. The molecule has 1 unspecified atom stereocenters. The summed E-state index contributed by atoms with van der Waals surface area (Å²) in [7, 11) is 0. The molecule has 0 radical (unpaired) electrons. The average molecular weight is 290 g/mol. The second-order valence-corrected chi connectivity index (χ2v) is 5.47. The Labute approximate surface area is 121 Å². The quantitative estimate of drug-likeness (QED) is 0.941. The van der Waals surface area contributed by atoms with Crippen LogP contribution < -0.4 is 5.32 Å². The van der Waals surface area contributed by atoms with E-state index in [1.54, 1.807) is 30.5 Å². The zero-order chi connectivity index (χ0) is 14.9. The summed E-state index contributed by atoms with van der Waals surface area (Å²) in [5.41, 5.74) is 1.27. The number of alkyl halides is 2. The normalized spacial score (nSPS) is 20.6. The number of fused-ring (bicyclic) bond motifs is 1. The summed E-state index contributed by atoms with van der Waals surface area (Å²) < 4.78 is 27.0. The van der Waals surface area contributed by atoms with Crippen LogP contribution in [0.25, 0.3) is 10.9 Å². The molecule has 0 aliphatic heterocycles. The molecule has 3 rings (SSSR count). The molecule has 0 spiro atoms. The summed E-state index contributed by atoms with van der Waals surface area (Å²) >= 11 is 0. The Bertz CT molecular complexity index is 672. The summed E-state index contributed by atoms with van der Waals surface area (Å²) in [4.78, 5) is 16.3. The van der Waals surface area contributed by atoms with E-state index in [9.17, 15) is 13.6 Å². The third kappa shape index (κ3) is 2.86. The lowest BCUT2D eigenvalue weighted by Crippen LogP contribution is -2.35. The minimum Gasteiger partial charge on any atom is -0.352 e. The Kier molecular flexibility index (Phi) is 3.57. The molecule has 2 aromatic rings. The van der Waals surface area contributed by atoms with E-state index in [1.807, 2.05) is 6.07 Å². The number of amides is 1. The van der Waals surface area contributed by atoms with E-state index in [2.05, 4.69) is 10.3 Å². The van der Waals surface area contributed by atoms with Gasteiger partial charge in [-0.25, -0.2) is 8.78 Å². The lowest BCUT2D eigenvalue weighted by molar-refractivity contribution is -0.0352. The maximum Gasteiger partial charge on any atom is 0.252 e. The largest absolute Gasteiger partial charge is 0.352 e. The van der Waals surface area contributed by atoms with Crippen LogP contribution >= 0.6 is 0 Å². The number of carbonyl (C=O) groups is 1. The third-order valence-corrected chi connectivity index (χ3v) is 4.03. The van der Waals surface area contributed by atoms with Gasteiger partial charge in [0.25, 0.3) is 11.8 Å². The van der Waals surface area contributed by atoms with Crippen molar-refractivity contribution in [2.24, 2.45) is 5.92 Å². The van der Waals surface area contributed by atoms with Crippen molar-refractivity contribution in [3.63, 3.8) is 0 Å². The van der Waals surface area contributed by atoms with Gasteiger partial charge in [0, 0.05) is 36.0 Å². The van der Waals surface area contributed by atoms with Crippen LogP contribution in [0.5, 0.6) is 0 Å². The summed E-state index contributed by atoms with van der Waals surface area (Å²) in [6, 6.07) is 8.81. The van der Waals surface area contributed by atoms with Gasteiger partial charge in [-0.15, -0.1) is 0 Å². The van der Waals surface area contributed by atoms with Crippen molar-refractivity contribution in [1.82, 2.24) is 10.3 Å². The highest BCUT2D eigenvalue weighted by Gasteiger charge is 2.43. The molecule has 1 heterocycles. The van der Waals surface area contributed by atoms with Crippen molar-refractivity contribution in [1.29, 1.82) is 0 Å². The van der Waals surface area contributed by atoms with Crippen molar-refractivity contribution in [2.75, 3.05) is 6.54 Å². The Hall–Kier alpha value is -2.04. The number of nitrogens with one attached hydrogen (secondary N) is 1. The fourth-order valence-corrected chi connectivity index (χ4v) is 2.79. The molecular formula is C16H16F2N2O. The lowest BCUT2D eigenvalue weighted by Gasteiger charge is -2.19. The summed E-state index contributed by atoms with van der Waals surface area (Å²) in [6.07, 6.45) is 2.60. The topological polar surface area (TPSA) is 42.0 Å². The fourth-order valence-electron chi connectivity index (χ4n) is 2.79. The molecule has 1 fully saturated rings. The SMILES string of the molecule is O=C(NCC1CCCC1(F)F)c1ccc2ncccc2c1. The van der Waals surface area contributed by atoms with Gasteiger partial charge in [0.2, 0.25) is 0 Å². The summed E-state index contributed by atoms with van der Waals surface area (Å²) in [5.74, 6) is -3.72. The van der Waals surface area contributed by atoms with Gasteiger partial charge in [-0.05, 0) is 37.1 Å². The second-order valence-electron chi connectivity index (χ2n) is 5.47. The molecule has 1 aliphatic rings. The van der Waals surface area contributed by atoms with E-state index < -0.39 is 11.8 Å². The van der Waals surface area contributed by atoms with Gasteiger partial charge >= 0.3 is 0 Å². The van der Waals surface area contributed by atoms with Crippen molar-refractivity contribution in [3.05, 3.63) is 42.1 Å². The molecule has 1 N–H and O–H groups in total. The minimum atomic E-state index is -2.65. The van der Waals surface area contributed by atoms with Crippen molar-refractivity contribution in [2.45, 2.75) is 25.2 Å². The molecule has 1 aromatic heterocycles. The van der Waals surface area contributed by atoms with Gasteiger partial charge in [0.05, 0.1) is 5.52 Å². The molecule has 1 aliphatic carbocycles. The fraction of sp³-hybridized carbons (Fsp3) is 0.375. The molecule has 1 atom stereocenters.